The molecule has 0 spiro atoms. The van der Waals surface area contributed by atoms with E-state index in [1.54, 1.807) is 66.7 Å². The number of hydrogen-bond acceptors (Lipinski definition) is 6. The van der Waals surface area contributed by atoms with Crippen LogP contribution < -0.4 is 0 Å². The van der Waals surface area contributed by atoms with Crippen molar-refractivity contribution in [2.24, 2.45) is 11.1 Å². The summed E-state index contributed by atoms with van der Waals surface area (Å²) in [6.45, 7) is 0. The van der Waals surface area contributed by atoms with Crippen LogP contribution in [0.2, 0.25) is 0 Å². The molecule has 0 aromatic heterocycles. The quantitative estimate of drug-likeness (QED) is 0.143. The second-order valence-corrected chi connectivity index (χ2v) is 8.23. The van der Waals surface area contributed by atoms with Crippen molar-refractivity contribution < 1.29 is 19.3 Å². The van der Waals surface area contributed by atoms with Crippen molar-refractivity contribution in [3.8, 4) is 11.1 Å². The zero-order valence-electron chi connectivity index (χ0n) is 18.6. The molecule has 1 aliphatic rings. The molecule has 0 radical (unpaired) electrons. The molecular formula is C27H24N2O5. The van der Waals surface area contributed by atoms with Gasteiger partial charge < -0.3 is 4.84 Å². The predicted octanol–water partition coefficient (Wildman–Crippen LogP) is 5.97. The largest absolute Gasteiger partial charge is 0.338 e. The number of rotatable bonds is 7. The number of nitro benzene ring substituents is 1. The number of nitrogens with zero attached hydrogens (tertiary/aromatic N) is 2. The van der Waals surface area contributed by atoms with Gasteiger partial charge in [0.1, 0.15) is 0 Å². The number of para-hydroxylation sites is 1. The fourth-order valence-electron chi connectivity index (χ4n) is 4.14. The second-order valence-electron chi connectivity index (χ2n) is 8.23. The molecular weight excluding hydrogens is 432 g/mol. The third kappa shape index (κ3) is 5.26. The molecule has 1 saturated carbocycles. The summed E-state index contributed by atoms with van der Waals surface area (Å²) in [5.41, 5.74) is 1.96. The average Bonchev–Trinajstić information content (AvgIpc) is 2.89. The van der Waals surface area contributed by atoms with Crippen molar-refractivity contribution in [3.05, 3.63) is 100 Å². The lowest BCUT2D eigenvalue weighted by atomic mass is 9.89. The Morgan fingerprint density at radius 3 is 2.15 bits per heavy atom. The third-order valence-electron chi connectivity index (χ3n) is 5.99. The van der Waals surface area contributed by atoms with Crippen molar-refractivity contribution in [2.75, 3.05) is 0 Å². The first-order valence-corrected chi connectivity index (χ1v) is 11.3. The van der Waals surface area contributed by atoms with Gasteiger partial charge in [-0.1, -0.05) is 91.1 Å². The third-order valence-corrected chi connectivity index (χ3v) is 5.99. The summed E-state index contributed by atoms with van der Waals surface area (Å²) in [6.07, 6.45) is 4.63. The average molecular weight is 456 g/mol. The molecule has 0 amide bonds. The maximum atomic E-state index is 13.3. The van der Waals surface area contributed by atoms with E-state index < -0.39 is 16.7 Å². The van der Waals surface area contributed by atoms with Crippen molar-refractivity contribution in [3.63, 3.8) is 0 Å². The molecule has 4 rings (SSSR count). The first kappa shape index (κ1) is 23.0. The topological polar surface area (TPSA) is 98.9 Å². The number of Topliss-reactive ketones (excluding diaryl/α,β-unsaturated/α-hetero) is 1. The van der Waals surface area contributed by atoms with Crippen molar-refractivity contribution in [1.82, 2.24) is 0 Å². The van der Waals surface area contributed by atoms with Crippen LogP contribution in [-0.4, -0.2) is 22.4 Å². The maximum Gasteiger partial charge on any atom is 0.338 e. The van der Waals surface area contributed by atoms with Gasteiger partial charge in [-0.25, -0.2) is 4.79 Å². The van der Waals surface area contributed by atoms with E-state index in [-0.39, 0.29) is 17.3 Å². The van der Waals surface area contributed by atoms with Crippen LogP contribution in [0, 0.1) is 16.0 Å². The Labute approximate surface area is 197 Å². The van der Waals surface area contributed by atoms with Gasteiger partial charge in [-0.2, -0.15) is 0 Å². The van der Waals surface area contributed by atoms with Crippen LogP contribution in [0.3, 0.4) is 0 Å². The number of ketones is 1. The first-order valence-electron chi connectivity index (χ1n) is 11.3. The Balaban J connectivity index is 1.60. The molecule has 7 nitrogen and oxygen atoms in total. The maximum absolute atomic E-state index is 13.3. The van der Waals surface area contributed by atoms with Crippen molar-refractivity contribution >= 4 is 23.2 Å². The van der Waals surface area contributed by atoms with E-state index in [0.29, 0.717) is 22.3 Å². The van der Waals surface area contributed by atoms with E-state index in [0.717, 1.165) is 32.1 Å². The monoisotopic (exact) mass is 456 g/mol. The van der Waals surface area contributed by atoms with Crippen LogP contribution in [0.4, 0.5) is 5.69 Å². The molecule has 3 aromatic rings. The zero-order chi connectivity index (χ0) is 23.9. The first-order chi connectivity index (χ1) is 16.5. The number of hydrogen-bond donors (Lipinski definition) is 0. The molecule has 3 aromatic carbocycles. The van der Waals surface area contributed by atoms with E-state index >= 15 is 0 Å². The Kier molecular flexibility index (Phi) is 7.22. The summed E-state index contributed by atoms with van der Waals surface area (Å²) in [4.78, 5) is 42.0. The molecule has 0 aliphatic heterocycles. The lowest BCUT2D eigenvalue weighted by Crippen LogP contribution is -2.21. The predicted molar refractivity (Wildman–Crippen MR) is 129 cm³/mol. The summed E-state index contributed by atoms with van der Waals surface area (Å²) in [7, 11) is 0. The number of carbonyl (C=O) groups excluding carboxylic acids is 2. The van der Waals surface area contributed by atoms with Crippen molar-refractivity contribution in [2.45, 2.75) is 32.1 Å². The molecule has 1 fully saturated rings. The van der Waals surface area contributed by atoms with E-state index in [1.807, 2.05) is 6.07 Å². The Morgan fingerprint density at radius 1 is 0.824 bits per heavy atom. The number of nitro groups is 1. The Bertz CT molecular complexity index is 1210. The summed E-state index contributed by atoms with van der Waals surface area (Å²) in [5, 5.41) is 15.3. The summed E-state index contributed by atoms with van der Waals surface area (Å²) in [6, 6.07) is 21.8. The number of carbonyl (C=O) groups is 2. The lowest BCUT2D eigenvalue weighted by Gasteiger charge is -2.18. The molecule has 0 N–H and O–H groups in total. The van der Waals surface area contributed by atoms with Gasteiger partial charge in [-0.15, -0.1) is 0 Å². The highest BCUT2D eigenvalue weighted by molar-refractivity contribution is 6.51. The highest BCUT2D eigenvalue weighted by Crippen LogP contribution is 2.30. The van der Waals surface area contributed by atoms with E-state index in [4.69, 9.17) is 4.84 Å². The van der Waals surface area contributed by atoms with Crippen LogP contribution in [0.15, 0.2) is 84.0 Å². The fraction of sp³-hybridized carbons (Fsp3) is 0.222. The second kappa shape index (κ2) is 10.7. The molecule has 0 heterocycles. The normalized spacial score (nSPS) is 14.4. The van der Waals surface area contributed by atoms with Gasteiger partial charge in [-0.3, -0.25) is 14.9 Å². The molecule has 7 heteroatoms. The number of oxime groups is 1. The van der Waals surface area contributed by atoms with Crippen LogP contribution in [0.25, 0.3) is 11.1 Å². The van der Waals surface area contributed by atoms with Gasteiger partial charge in [0, 0.05) is 17.2 Å². The minimum Gasteiger partial charge on any atom is -0.317 e. The molecule has 0 atom stereocenters. The molecule has 34 heavy (non-hydrogen) atoms. The molecule has 1 aliphatic carbocycles. The standard InChI is InChI=1S/C27H24N2O5/c30-26(21-17-15-19(16-18-21)23-13-7-8-14-24(23)29(32)33)25(20-9-3-1-4-10-20)28-34-27(31)22-11-5-2-6-12-22/h1,3-4,7-10,13-18,22H,2,5-6,11-12H2/b28-25-. The van der Waals surface area contributed by atoms with Crippen LogP contribution in [0.5, 0.6) is 0 Å². The van der Waals surface area contributed by atoms with E-state index in [2.05, 4.69) is 5.16 Å². The van der Waals surface area contributed by atoms with Crippen LogP contribution in [0.1, 0.15) is 48.0 Å². The lowest BCUT2D eigenvalue weighted by molar-refractivity contribution is -0.384. The van der Waals surface area contributed by atoms with E-state index in [9.17, 15) is 19.7 Å². The van der Waals surface area contributed by atoms with Gasteiger partial charge in [-0.05, 0) is 24.5 Å². The molecule has 0 saturated heterocycles. The molecule has 172 valence electrons. The minimum atomic E-state index is -0.435. The van der Waals surface area contributed by atoms with Crippen LogP contribution >= 0.6 is 0 Å². The SMILES string of the molecule is O=C(/C(=N\OC(=O)C1CCCCC1)c1ccccc1)c1ccc(-c2ccccc2[N+](=O)[O-])cc1. The zero-order valence-corrected chi connectivity index (χ0v) is 18.6. The highest BCUT2D eigenvalue weighted by Gasteiger charge is 2.24. The molecule has 0 bridgehead atoms. The van der Waals surface area contributed by atoms with Gasteiger partial charge in [0.15, 0.2) is 5.71 Å². The molecule has 0 unspecified atom stereocenters. The highest BCUT2D eigenvalue weighted by atomic mass is 16.7. The number of benzene rings is 3. The van der Waals surface area contributed by atoms with Gasteiger partial charge in [0.25, 0.3) is 5.69 Å². The van der Waals surface area contributed by atoms with Gasteiger partial charge >= 0.3 is 5.97 Å². The Hall–Kier alpha value is -4.13. The smallest absolute Gasteiger partial charge is 0.317 e. The van der Waals surface area contributed by atoms with Gasteiger partial charge in [0.2, 0.25) is 5.78 Å². The van der Waals surface area contributed by atoms with Crippen molar-refractivity contribution in [1.29, 1.82) is 0 Å². The minimum absolute atomic E-state index is 0.0114. The summed E-state index contributed by atoms with van der Waals surface area (Å²) in [5.74, 6) is -1.00. The Morgan fingerprint density at radius 2 is 1.47 bits per heavy atom. The fourth-order valence-corrected chi connectivity index (χ4v) is 4.14. The van der Waals surface area contributed by atoms with E-state index in [1.165, 1.54) is 6.07 Å². The summed E-state index contributed by atoms with van der Waals surface area (Å²) < 4.78 is 0. The van der Waals surface area contributed by atoms with Gasteiger partial charge in [0.05, 0.1) is 16.4 Å². The van der Waals surface area contributed by atoms with Crippen LogP contribution in [-0.2, 0) is 9.63 Å². The summed E-state index contributed by atoms with van der Waals surface area (Å²) >= 11 is 0.